The number of carbonyl (C=O) groups excluding carboxylic acids is 2. The van der Waals surface area contributed by atoms with Crippen LogP contribution in [0, 0.1) is 22.7 Å². The monoisotopic (exact) mass is 353 g/mol. The van der Waals surface area contributed by atoms with E-state index in [0.717, 1.165) is 36.0 Å². The van der Waals surface area contributed by atoms with Crippen molar-refractivity contribution in [1.82, 2.24) is 5.32 Å². The maximum atomic E-state index is 12.9. The van der Waals surface area contributed by atoms with E-state index in [1.165, 1.54) is 0 Å². The van der Waals surface area contributed by atoms with E-state index in [9.17, 15) is 9.59 Å². The van der Waals surface area contributed by atoms with Gasteiger partial charge in [-0.25, -0.2) is 0 Å². The van der Waals surface area contributed by atoms with Gasteiger partial charge in [-0.2, -0.15) is 0 Å². The third-order valence-corrected chi connectivity index (χ3v) is 7.19. The van der Waals surface area contributed by atoms with Gasteiger partial charge in [0.2, 0.25) is 5.91 Å². The second-order valence-electron chi connectivity index (χ2n) is 8.84. The Labute approximate surface area is 157 Å². The maximum Gasteiger partial charge on any atom is 0.223 e. The smallest absolute Gasteiger partial charge is 0.223 e. The molecule has 0 saturated heterocycles. The molecule has 2 saturated carbocycles. The molecule has 0 aliphatic heterocycles. The minimum absolute atomic E-state index is 0.0486. The van der Waals surface area contributed by atoms with Gasteiger partial charge in [0.15, 0.2) is 5.78 Å². The molecular weight excluding hydrogens is 322 g/mol. The lowest BCUT2D eigenvalue weighted by molar-refractivity contribution is -0.125. The van der Waals surface area contributed by atoms with E-state index in [4.69, 9.17) is 0 Å². The first-order valence-electron chi connectivity index (χ1n) is 9.83. The molecule has 0 heterocycles. The van der Waals surface area contributed by atoms with Crippen molar-refractivity contribution in [2.75, 3.05) is 0 Å². The Balaban J connectivity index is 1.71. The zero-order valence-corrected chi connectivity index (χ0v) is 16.7. The van der Waals surface area contributed by atoms with Crippen molar-refractivity contribution < 1.29 is 9.59 Å². The highest BCUT2D eigenvalue weighted by atomic mass is 16.2. The summed E-state index contributed by atoms with van der Waals surface area (Å²) in [7, 11) is 0. The quantitative estimate of drug-likeness (QED) is 0.776. The number of Topliss-reactive ketones (excluding diaryl/α,β-unsaturated/α-hetero) is 1. The average molecular weight is 354 g/mol. The summed E-state index contributed by atoms with van der Waals surface area (Å²) in [4.78, 5) is 24.8. The molecule has 1 N–H and O–H groups in total. The molecule has 3 nitrogen and oxygen atoms in total. The highest BCUT2D eigenvalue weighted by Crippen LogP contribution is 2.65. The Hall–Kier alpha value is -1.90. The standard InChI is InChI=1S/C23H31NO2/c1-6-15(2)21(26)24-14-17-9-7-16(8-10-17)13-18-19-11-12-23(5,20(18)25)22(19,3)4/h7-10,13,15,19H,6,11-12,14H2,1-5H3,(H,24,26). The lowest BCUT2D eigenvalue weighted by Gasteiger charge is -2.31. The normalized spacial score (nSPS) is 29.2. The topological polar surface area (TPSA) is 46.2 Å². The minimum atomic E-state index is -0.205. The molecule has 0 radical (unpaired) electrons. The molecule has 2 aliphatic carbocycles. The molecule has 26 heavy (non-hydrogen) atoms. The molecule has 2 bridgehead atoms. The van der Waals surface area contributed by atoms with Crippen LogP contribution in [0.1, 0.15) is 65.0 Å². The van der Waals surface area contributed by atoms with Crippen LogP contribution in [0.2, 0.25) is 0 Å². The largest absolute Gasteiger partial charge is 0.352 e. The lowest BCUT2D eigenvalue weighted by atomic mass is 9.70. The molecular formula is C23H31NO2. The number of hydrogen-bond donors (Lipinski definition) is 1. The number of amides is 1. The Kier molecular flexibility index (Phi) is 4.85. The van der Waals surface area contributed by atoms with Crippen molar-refractivity contribution in [3.05, 3.63) is 41.0 Å². The first-order chi connectivity index (χ1) is 12.2. The van der Waals surface area contributed by atoms with Crippen LogP contribution in [0.5, 0.6) is 0 Å². The molecule has 0 aromatic heterocycles. The van der Waals surface area contributed by atoms with Gasteiger partial charge in [-0.05, 0) is 53.4 Å². The zero-order valence-electron chi connectivity index (χ0n) is 16.7. The van der Waals surface area contributed by atoms with Crippen molar-refractivity contribution in [1.29, 1.82) is 0 Å². The van der Waals surface area contributed by atoms with Gasteiger partial charge in [0.05, 0.1) is 0 Å². The highest BCUT2D eigenvalue weighted by molar-refractivity contribution is 6.07. The van der Waals surface area contributed by atoms with Gasteiger partial charge < -0.3 is 5.32 Å². The molecule has 3 rings (SSSR count). The van der Waals surface area contributed by atoms with Gasteiger partial charge in [-0.1, -0.05) is 58.9 Å². The lowest BCUT2D eigenvalue weighted by Crippen LogP contribution is -2.32. The molecule has 3 unspecified atom stereocenters. The summed E-state index contributed by atoms with van der Waals surface area (Å²) in [5.74, 6) is 0.854. The SMILES string of the molecule is CCC(C)C(=O)NCc1ccc(C=C2C(=O)C3(C)CCC2C3(C)C)cc1. The number of hydrogen-bond acceptors (Lipinski definition) is 2. The third-order valence-electron chi connectivity index (χ3n) is 7.19. The fraction of sp³-hybridized carbons (Fsp3) is 0.565. The Morgan fingerprint density at radius 3 is 2.46 bits per heavy atom. The Bertz CT molecular complexity index is 744. The van der Waals surface area contributed by atoms with Crippen LogP contribution in [0.25, 0.3) is 6.08 Å². The molecule has 3 atom stereocenters. The summed E-state index contributed by atoms with van der Waals surface area (Å²) in [5, 5.41) is 2.98. The Morgan fingerprint density at radius 2 is 1.92 bits per heavy atom. The second kappa shape index (κ2) is 6.68. The number of nitrogens with one attached hydrogen (secondary N) is 1. The Morgan fingerprint density at radius 1 is 1.27 bits per heavy atom. The van der Waals surface area contributed by atoms with Crippen molar-refractivity contribution in [2.45, 2.75) is 60.4 Å². The number of rotatable bonds is 5. The summed E-state index contributed by atoms with van der Waals surface area (Å²) >= 11 is 0. The number of fused-ring (bicyclic) bond motifs is 2. The fourth-order valence-electron chi connectivity index (χ4n) is 4.55. The predicted octanol–water partition coefficient (Wildman–Crippen LogP) is 4.76. The first-order valence-corrected chi connectivity index (χ1v) is 9.83. The van der Waals surface area contributed by atoms with Gasteiger partial charge in [0.1, 0.15) is 0 Å². The first kappa shape index (κ1) is 18.9. The van der Waals surface area contributed by atoms with E-state index in [-0.39, 0.29) is 22.7 Å². The molecule has 140 valence electrons. The van der Waals surface area contributed by atoms with E-state index in [0.29, 0.717) is 18.2 Å². The molecule has 1 amide bonds. The van der Waals surface area contributed by atoms with Crippen molar-refractivity contribution in [2.24, 2.45) is 22.7 Å². The number of carbonyl (C=O) groups is 2. The van der Waals surface area contributed by atoms with Crippen molar-refractivity contribution in [3.63, 3.8) is 0 Å². The van der Waals surface area contributed by atoms with Crippen molar-refractivity contribution >= 4 is 17.8 Å². The van der Waals surface area contributed by atoms with E-state index in [1.54, 1.807) is 0 Å². The van der Waals surface area contributed by atoms with Crippen LogP contribution in [-0.4, -0.2) is 11.7 Å². The van der Waals surface area contributed by atoms with Crippen LogP contribution in [-0.2, 0) is 16.1 Å². The molecule has 2 fully saturated rings. The molecule has 3 heteroatoms. The summed E-state index contributed by atoms with van der Waals surface area (Å²) < 4.78 is 0. The average Bonchev–Trinajstić information content (AvgIpc) is 2.94. The van der Waals surface area contributed by atoms with Gasteiger partial charge in [0, 0.05) is 17.9 Å². The maximum absolute atomic E-state index is 12.9. The molecule has 1 aromatic rings. The highest BCUT2D eigenvalue weighted by Gasteiger charge is 2.63. The second-order valence-corrected chi connectivity index (χ2v) is 8.84. The van der Waals surface area contributed by atoms with Crippen LogP contribution in [0.3, 0.4) is 0 Å². The van der Waals surface area contributed by atoms with Crippen LogP contribution < -0.4 is 5.32 Å². The summed E-state index contributed by atoms with van der Waals surface area (Å²) in [6.45, 7) is 11.1. The summed E-state index contributed by atoms with van der Waals surface area (Å²) in [6.07, 6.45) is 5.06. The third kappa shape index (κ3) is 2.91. The number of allylic oxidation sites excluding steroid dienone is 1. The van der Waals surface area contributed by atoms with Gasteiger partial charge in [-0.3, -0.25) is 9.59 Å². The summed E-state index contributed by atoms with van der Waals surface area (Å²) in [5.41, 5.74) is 2.99. The van der Waals surface area contributed by atoms with E-state index < -0.39 is 0 Å². The van der Waals surface area contributed by atoms with Crippen molar-refractivity contribution in [3.8, 4) is 0 Å². The van der Waals surface area contributed by atoms with Gasteiger partial charge in [0.25, 0.3) is 0 Å². The zero-order chi connectivity index (χ0) is 19.1. The van der Waals surface area contributed by atoms with E-state index in [1.807, 2.05) is 38.1 Å². The van der Waals surface area contributed by atoms with Gasteiger partial charge >= 0.3 is 0 Å². The number of ketones is 1. The minimum Gasteiger partial charge on any atom is -0.352 e. The fourth-order valence-corrected chi connectivity index (χ4v) is 4.55. The van der Waals surface area contributed by atoms with Crippen LogP contribution >= 0.6 is 0 Å². The summed E-state index contributed by atoms with van der Waals surface area (Å²) in [6, 6.07) is 8.17. The van der Waals surface area contributed by atoms with E-state index >= 15 is 0 Å². The predicted molar refractivity (Wildman–Crippen MR) is 105 cm³/mol. The van der Waals surface area contributed by atoms with Crippen LogP contribution in [0.15, 0.2) is 29.8 Å². The molecule has 0 spiro atoms. The van der Waals surface area contributed by atoms with E-state index in [2.05, 4.69) is 32.2 Å². The van der Waals surface area contributed by atoms with Gasteiger partial charge in [-0.15, -0.1) is 0 Å². The van der Waals surface area contributed by atoms with Crippen LogP contribution in [0.4, 0.5) is 0 Å². The number of benzene rings is 1. The molecule has 2 aliphatic rings. The molecule has 1 aromatic carbocycles.